The van der Waals surface area contributed by atoms with Crippen molar-refractivity contribution in [3.63, 3.8) is 0 Å². The van der Waals surface area contributed by atoms with E-state index in [9.17, 15) is 4.79 Å². The summed E-state index contributed by atoms with van der Waals surface area (Å²) in [5.74, 6) is 0.494. The average Bonchev–Trinajstić information content (AvgIpc) is 2.34. The van der Waals surface area contributed by atoms with Crippen molar-refractivity contribution in [2.75, 3.05) is 26.7 Å². The highest BCUT2D eigenvalue weighted by molar-refractivity contribution is 5.73. The number of nitrogens with one attached hydrogen (secondary N) is 1. The Morgan fingerprint density at radius 3 is 2.82 bits per heavy atom. The Balaban J connectivity index is 2.14. The van der Waals surface area contributed by atoms with Crippen LogP contribution < -0.4 is 5.32 Å². The van der Waals surface area contributed by atoms with Gasteiger partial charge in [0.05, 0.1) is 6.10 Å². The number of hydrogen-bond donors (Lipinski definition) is 1. The van der Waals surface area contributed by atoms with E-state index < -0.39 is 0 Å². The van der Waals surface area contributed by atoms with Crippen molar-refractivity contribution in [1.29, 1.82) is 0 Å². The van der Waals surface area contributed by atoms with Crippen LogP contribution >= 0.6 is 0 Å². The van der Waals surface area contributed by atoms with Crippen LogP contribution in [0.1, 0.15) is 39.5 Å². The molecule has 0 saturated carbocycles. The molecule has 4 heteroatoms. The van der Waals surface area contributed by atoms with Gasteiger partial charge in [-0.1, -0.05) is 13.8 Å². The lowest BCUT2D eigenvalue weighted by Gasteiger charge is -2.25. The van der Waals surface area contributed by atoms with Crippen LogP contribution in [0.25, 0.3) is 0 Å². The maximum absolute atomic E-state index is 11.7. The van der Waals surface area contributed by atoms with Gasteiger partial charge in [-0.05, 0) is 31.6 Å². The number of nitrogens with zero attached hydrogens (tertiary/aromatic N) is 1. The lowest BCUT2D eigenvalue weighted by Crippen LogP contribution is -2.40. The van der Waals surface area contributed by atoms with Crippen LogP contribution in [0.5, 0.6) is 0 Å². The van der Waals surface area contributed by atoms with Crippen LogP contribution in [0.4, 0.5) is 4.79 Å². The fourth-order valence-corrected chi connectivity index (χ4v) is 1.90. The molecule has 17 heavy (non-hydrogen) atoms. The van der Waals surface area contributed by atoms with Crippen LogP contribution in [-0.4, -0.2) is 43.8 Å². The predicted molar refractivity (Wildman–Crippen MR) is 69.1 cm³/mol. The summed E-state index contributed by atoms with van der Waals surface area (Å²) in [7, 11) is 1.85. The Bertz CT molecular complexity index is 225. The Morgan fingerprint density at radius 2 is 2.24 bits per heavy atom. The number of ether oxygens (including phenoxy) is 1. The highest BCUT2D eigenvalue weighted by Gasteiger charge is 2.16. The van der Waals surface area contributed by atoms with Crippen LogP contribution in [0.3, 0.4) is 0 Å². The lowest BCUT2D eigenvalue weighted by molar-refractivity contribution is 0.00827. The SMILES string of the molecule is CC(C)CNC(=O)N(C)CCC1CCCCO1. The fourth-order valence-electron chi connectivity index (χ4n) is 1.90. The highest BCUT2D eigenvalue weighted by Crippen LogP contribution is 2.15. The molecule has 1 aliphatic heterocycles. The quantitative estimate of drug-likeness (QED) is 0.803. The molecular weight excluding hydrogens is 216 g/mol. The first-order valence-corrected chi connectivity index (χ1v) is 6.70. The zero-order chi connectivity index (χ0) is 12.7. The molecule has 4 nitrogen and oxygen atoms in total. The molecule has 0 spiro atoms. The van der Waals surface area contributed by atoms with E-state index in [0.717, 1.165) is 32.5 Å². The summed E-state index contributed by atoms with van der Waals surface area (Å²) in [6.45, 7) is 6.58. The second-order valence-electron chi connectivity index (χ2n) is 5.28. The van der Waals surface area contributed by atoms with Gasteiger partial charge in [0, 0.05) is 26.7 Å². The topological polar surface area (TPSA) is 41.6 Å². The van der Waals surface area contributed by atoms with Crippen molar-refractivity contribution < 1.29 is 9.53 Å². The predicted octanol–water partition coefficient (Wildman–Crippen LogP) is 2.24. The van der Waals surface area contributed by atoms with Crippen molar-refractivity contribution >= 4 is 6.03 Å². The van der Waals surface area contributed by atoms with E-state index in [0.29, 0.717) is 12.0 Å². The lowest BCUT2D eigenvalue weighted by atomic mass is 10.1. The zero-order valence-electron chi connectivity index (χ0n) is 11.4. The maximum Gasteiger partial charge on any atom is 0.317 e. The molecule has 100 valence electrons. The summed E-state index contributed by atoms with van der Waals surface area (Å²) in [6.07, 6.45) is 4.88. The Kier molecular flexibility index (Phi) is 6.34. The number of carbonyl (C=O) groups is 1. The standard InChI is InChI=1S/C13H26N2O2/c1-11(2)10-14-13(16)15(3)8-7-12-6-4-5-9-17-12/h11-12H,4-10H2,1-3H3,(H,14,16). The Labute approximate surface area is 105 Å². The largest absolute Gasteiger partial charge is 0.378 e. The number of hydrogen-bond acceptors (Lipinski definition) is 2. The molecule has 1 atom stereocenters. The van der Waals surface area contributed by atoms with Gasteiger partial charge in [-0.3, -0.25) is 0 Å². The molecule has 1 rings (SSSR count). The summed E-state index contributed by atoms with van der Waals surface area (Å²) >= 11 is 0. The summed E-state index contributed by atoms with van der Waals surface area (Å²) in [6, 6.07) is 0.0227. The van der Waals surface area contributed by atoms with Crippen molar-refractivity contribution in [2.24, 2.45) is 5.92 Å². The molecular formula is C13H26N2O2. The summed E-state index contributed by atoms with van der Waals surface area (Å²) in [4.78, 5) is 13.4. The number of carbonyl (C=O) groups excluding carboxylic acids is 1. The molecule has 1 unspecified atom stereocenters. The van der Waals surface area contributed by atoms with Gasteiger partial charge < -0.3 is 15.0 Å². The minimum atomic E-state index is 0.0227. The van der Waals surface area contributed by atoms with Crippen molar-refractivity contribution in [3.8, 4) is 0 Å². The molecule has 0 aromatic carbocycles. The second kappa shape index (κ2) is 7.54. The first kappa shape index (κ1) is 14.3. The van der Waals surface area contributed by atoms with Crippen LogP contribution in [-0.2, 0) is 4.74 Å². The van der Waals surface area contributed by atoms with E-state index in [2.05, 4.69) is 19.2 Å². The fraction of sp³-hybridized carbons (Fsp3) is 0.923. The minimum absolute atomic E-state index is 0.0227. The monoisotopic (exact) mass is 242 g/mol. The van der Waals surface area contributed by atoms with E-state index in [-0.39, 0.29) is 6.03 Å². The number of urea groups is 1. The summed E-state index contributed by atoms with van der Waals surface area (Å²) < 4.78 is 5.65. The van der Waals surface area contributed by atoms with E-state index in [4.69, 9.17) is 4.74 Å². The molecule has 0 aromatic heterocycles. The van der Waals surface area contributed by atoms with Gasteiger partial charge in [-0.15, -0.1) is 0 Å². The Hall–Kier alpha value is -0.770. The molecule has 1 saturated heterocycles. The van der Waals surface area contributed by atoms with Gasteiger partial charge in [0.25, 0.3) is 0 Å². The number of rotatable bonds is 5. The van der Waals surface area contributed by atoms with Crippen molar-refractivity contribution in [3.05, 3.63) is 0 Å². The van der Waals surface area contributed by atoms with Crippen LogP contribution in [0, 0.1) is 5.92 Å². The molecule has 1 fully saturated rings. The number of amides is 2. The van der Waals surface area contributed by atoms with Gasteiger partial charge in [0.15, 0.2) is 0 Å². The smallest absolute Gasteiger partial charge is 0.317 e. The third kappa shape index (κ3) is 5.91. The van der Waals surface area contributed by atoms with Gasteiger partial charge >= 0.3 is 6.03 Å². The van der Waals surface area contributed by atoms with Gasteiger partial charge in [-0.2, -0.15) is 0 Å². The molecule has 0 radical (unpaired) electrons. The summed E-state index contributed by atoms with van der Waals surface area (Å²) in [5, 5.41) is 2.92. The maximum atomic E-state index is 11.7. The molecule has 0 aromatic rings. The molecule has 1 N–H and O–H groups in total. The van der Waals surface area contributed by atoms with Crippen molar-refractivity contribution in [1.82, 2.24) is 10.2 Å². The van der Waals surface area contributed by atoms with Crippen LogP contribution in [0.2, 0.25) is 0 Å². The third-order valence-electron chi connectivity index (χ3n) is 3.07. The molecule has 0 bridgehead atoms. The zero-order valence-corrected chi connectivity index (χ0v) is 11.4. The van der Waals surface area contributed by atoms with E-state index in [1.165, 1.54) is 12.8 Å². The minimum Gasteiger partial charge on any atom is -0.378 e. The molecule has 1 aliphatic rings. The normalized spacial score (nSPS) is 20.4. The van der Waals surface area contributed by atoms with E-state index >= 15 is 0 Å². The molecule has 0 aliphatic carbocycles. The summed E-state index contributed by atoms with van der Waals surface area (Å²) in [5.41, 5.74) is 0. The van der Waals surface area contributed by atoms with Gasteiger partial charge in [0.2, 0.25) is 0 Å². The van der Waals surface area contributed by atoms with Gasteiger partial charge in [-0.25, -0.2) is 4.79 Å². The highest BCUT2D eigenvalue weighted by atomic mass is 16.5. The van der Waals surface area contributed by atoms with E-state index in [1.807, 2.05) is 7.05 Å². The average molecular weight is 242 g/mol. The first-order chi connectivity index (χ1) is 8.09. The third-order valence-corrected chi connectivity index (χ3v) is 3.07. The Morgan fingerprint density at radius 1 is 1.47 bits per heavy atom. The second-order valence-corrected chi connectivity index (χ2v) is 5.28. The van der Waals surface area contributed by atoms with Gasteiger partial charge in [0.1, 0.15) is 0 Å². The first-order valence-electron chi connectivity index (χ1n) is 6.70. The molecule has 1 heterocycles. The molecule has 2 amide bonds. The van der Waals surface area contributed by atoms with E-state index in [1.54, 1.807) is 4.90 Å². The van der Waals surface area contributed by atoms with Crippen LogP contribution in [0.15, 0.2) is 0 Å². The van der Waals surface area contributed by atoms with Crippen molar-refractivity contribution in [2.45, 2.75) is 45.6 Å².